The minimum atomic E-state index is -0.119. The van der Waals surface area contributed by atoms with Gasteiger partial charge in [-0.2, -0.15) is 0 Å². The average molecular weight is 272 g/mol. The SMILES string of the molecule is CCCNC(C)(CO)CCCN(CCOC)C1CC1. The molecule has 0 aromatic carbocycles. The van der Waals surface area contributed by atoms with Crippen molar-refractivity contribution in [2.45, 2.75) is 57.5 Å². The Kier molecular flexibility index (Phi) is 7.91. The smallest absolute Gasteiger partial charge is 0.0610 e. The number of aliphatic hydroxyl groups is 1. The van der Waals surface area contributed by atoms with Crippen LogP contribution in [-0.4, -0.2) is 61.5 Å². The maximum atomic E-state index is 9.54. The average Bonchev–Trinajstić information content (AvgIpc) is 3.25. The summed E-state index contributed by atoms with van der Waals surface area (Å²) < 4.78 is 5.18. The molecule has 0 radical (unpaired) electrons. The molecule has 4 nitrogen and oxygen atoms in total. The second-order valence-corrected chi connectivity index (χ2v) is 6.01. The quantitative estimate of drug-likeness (QED) is 0.567. The van der Waals surface area contributed by atoms with Gasteiger partial charge in [0.05, 0.1) is 13.2 Å². The molecule has 0 heterocycles. The van der Waals surface area contributed by atoms with Gasteiger partial charge in [0.15, 0.2) is 0 Å². The molecule has 0 aromatic heterocycles. The summed E-state index contributed by atoms with van der Waals surface area (Å²) in [6.07, 6.45) is 5.95. The first-order valence-corrected chi connectivity index (χ1v) is 7.74. The summed E-state index contributed by atoms with van der Waals surface area (Å²) in [6.45, 7) is 8.46. The van der Waals surface area contributed by atoms with Crippen LogP contribution in [0, 0.1) is 0 Å². The molecule has 1 saturated carbocycles. The van der Waals surface area contributed by atoms with Gasteiger partial charge in [-0.1, -0.05) is 6.92 Å². The van der Waals surface area contributed by atoms with E-state index in [1.165, 1.54) is 12.8 Å². The third-order valence-electron chi connectivity index (χ3n) is 3.97. The zero-order valence-electron chi connectivity index (χ0n) is 13.0. The van der Waals surface area contributed by atoms with E-state index in [-0.39, 0.29) is 12.1 Å². The number of nitrogens with one attached hydrogen (secondary N) is 1. The van der Waals surface area contributed by atoms with Gasteiger partial charge >= 0.3 is 0 Å². The molecule has 1 fully saturated rings. The van der Waals surface area contributed by atoms with Crippen LogP contribution in [0.25, 0.3) is 0 Å². The minimum absolute atomic E-state index is 0.119. The van der Waals surface area contributed by atoms with Crippen molar-refractivity contribution < 1.29 is 9.84 Å². The van der Waals surface area contributed by atoms with Crippen molar-refractivity contribution in [1.82, 2.24) is 10.2 Å². The minimum Gasteiger partial charge on any atom is -0.394 e. The van der Waals surface area contributed by atoms with Crippen molar-refractivity contribution in [3.63, 3.8) is 0 Å². The van der Waals surface area contributed by atoms with Gasteiger partial charge in [-0.15, -0.1) is 0 Å². The monoisotopic (exact) mass is 272 g/mol. The Morgan fingerprint density at radius 3 is 2.63 bits per heavy atom. The van der Waals surface area contributed by atoms with Crippen LogP contribution in [0.4, 0.5) is 0 Å². The highest BCUT2D eigenvalue weighted by Crippen LogP contribution is 2.27. The normalized spacial score (nSPS) is 18.8. The number of aliphatic hydroxyl groups excluding tert-OH is 1. The highest BCUT2D eigenvalue weighted by Gasteiger charge is 2.29. The second-order valence-electron chi connectivity index (χ2n) is 6.01. The largest absolute Gasteiger partial charge is 0.394 e. The van der Waals surface area contributed by atoms with Crippen LogP contribution < -0.4 is 5.32 Å². The molecule has 0 aromatic rings. The number of rotatable bonds is 12. The lowest BCUT2D eigenvalue weighted by Crippen LogP contribution is -2.46. The molecule has 114 valence electrons. The molecular formula is C15H32N2O2. The molecule has 1 aliphatic rings. The molecule has 0 spiro atoms. The first-order chi connectivity index (χ1) is 9.15. The van der Waals surface area contributed by atoms with E-state index in [1.54, 1.807) is 7.11 Å². The lowest BCUT2D eigenvalue weighted by molar-refractivity contribution is 0.131. The lowest BCUT2D eigenvalue weighted by atomic mass is 9.96. The summed E-state index contributed by atoms with van der Waals surface area (Å²) in [5, 5.41) is 13.0. The fourth-order valence-corrected chi connectivity index (χ4v) is 2.45. The summed E-state index contributed by atoms with van der Waals surface area (Å²) in [4.78, 5) is 2.54. The van der Waals surface area contributed by atoms with Gasteiger partial charge in [-0.3, -0.25) is 4.90 Å². The Morgan fingerprint density at radius 1 is 1.37 bits per heavy atom. The van der Waals surface area contributed by atoms with Crippen LogP contribution in [0.1, 0.15) is 46.0 Å². The number of nitrogens with zero attached hydrogens (tertiary/aromatic N) is 1. The predicted octanol–water partition coefficient (Wildman–Crippen LogP) is 1.63. The topological polar surface area (TPSA) is 44.7 Å². The molecule has 0 amide bonds. The number of hydrogen-bond acceptors (Lipinski definition) is 4. The van der Waals surface area contributed by atoms with E-state index < -0.39 is 0 Å². The second kappa shape index (κ2) is 8.90. The van der Waals surface area contributed by atoms with Crippen LogP contribution in [-0.2, 0) is 4.74 Å². The van der Waals surface area contributed by atoms with Gasteiger partial charge in [-0.05, 0) is 52.1 Å². The van der Waals surface area contributed by atoms with E-state index in [1.807, 2.05) is 0 Å². The third-order valence-corrected chi connectivity index (χ3v) is 3.97. The summed E-state index contributed by atoms with van der Waals surface area (Å²) in [7, 11) is 1.77. The number of hydrogen-bond donors (Lipinski definition) is 2. The van der Waals surface area contributed by atoms with Crippen LogP contribution in [0.15, 0.2) is 0 Å². The van der Waals surface area contributed by atoms with Crippen LogP contribution in [0.3, 0.4) is 0 Å². The van der Waals surface area contributed by atoms with E-state index in [0.29, 0.717) is 0 Å². The van der Waals surface area contributed by atoms with E-state index in [9.17, 15) is 5.11 Å². The van der Waals surface area contributed by atoms with Crippen LogP contribution in [0.2, 0.25) is 0 Å². The van der Waals surface area contributed by atoms with Crippen molar-refractivity contribution in [1.29, 1.82) is 0 Å². The summed E-state index contributed by atoms with van der Waals surface area (Å²) in [5.41, 5.74) is -0.119. The Labute approximate surface area is 118 Å². The van der Waals surface area contributed by atoms with Crippen molar-refractivity contribution in [2.75, 3.05) is 40.0 Å². The first-order valence-electron chi connectivity index (χ1n) is 7.74. The van der Waals surface area contributed by atoms with Gasteiger partial charge < -0.3 is 15.2 Å². The maximum absolute atomic E-state index is 9.54. The molecule has 0 aliphatic heterocycles. The lowest BCUT2D eigenvalue weighted by Gasteiger charge is -2.30. The van der Waals surface area contributed by atoms with Crippen molar-refractivity contribution in [2.24, 2.45) is 0 Å². The van der Waals surface area contributed by atoms with E-state index in [4.69, 9.17) is 4.74 Å². The maximum Gasteiger partial charge on any atom is 0.0610 e. The fraction of sp³-hybridized carbons (Fsp3) is 1.00. The van der Waals surface area contributed by atoms with E-state index >= 15 is 0 Å². The van der Waals surface area contributed by atoms with Crippen molar-refractivity contribution in [3.8, 4) is 0 Å². The highest BCUT2D eigenvalue weighted by atomic mass is 16.5. The van der Waals surface area contributed by atoms with Crippen LogP contribution in [0.5, 0.6) is 0 Å². The van der Waals surface area contributed by atoms with Gasteiger partial charge in [0, 0.05) is 25.2 Å². The van der Waals surface area contributed by atoms with E-state index in [0.717, 1.165) is 51.5 Å². The molecule has 4 heteroatoms. The van der Waals surface area contributed by atoms with Crippen molar-refractivity contribution in [3.05, 3.63) is 0 Å². The molecule has 1 rings (SSSR count). The first kappa shape index (κ1) is 16.9. The fourth-order valence-electron chi connectivity index (χ4n) is 2.45. The molecule has 1 aliphatic carbocycles. The van der Waals surface area contributed by atoms with Crippen molar-refractivity contribution >= 4 is 0 Å². The summed E-state index contributed by atoms with van der Waals surface area (Å²) in [6, 6.07) is 0.791. The standard InChI is InChI=1S/C15H32N2O2/c1-4-9-16-15(2,13-18)8-5-10-17(11-12-19-3)14-6-7-14/h14,16,18H,4-13H2,1-3H3. The molecule has 1 atom stereocenters. The van der Waals surface area contributed by atoms with Gasteiger partial charge in [0.2, 0.25) is 0 Å². The number of methoxy groups -OCH3 is 1. The third kappa shape index (κ3) is 6.70. The molecule has 1 unspecified atom stereocenters. The molecule has 0 bridgehead atoms. The molecule has 19 heavy (non-hydrogen) atoms. The zero-order valence-corrected chi connectivity index (χ0v) is 13.0. The Morgan fingerprint density at radius 2 is 2.11 bits per heavy atom. The Balaban J connectivity index is 2.24. The highest BCUT2D eigenvalue weighted by molar-refractivity contribution is 4.86. The Hall–Kier alpha value is -0.160. The Bertz CT molecular complexity index is 234. The zero-order chi connectivity index (χ0) is 14.1. The van der Waals surface area contributed by atoms with E-state index in [2.05, 4.69) is 24.1 Å². The molecule has 0 saturated heterocycles. The van der Waals surface area contributed by atoms with Gasteiger partial charge in [-0.25, -0.2) is 0 Å². The molecule has 2 N–H and O–H groups in total. The summed E-state index contributed by atoms with van der Waals surface area (Å²) >= 11 is 0. The number of ether oxygens (including phenoxy) is 1. The van der Waals surface area contributed by atoms with Gasteiger partial charge in [0.25, 0.3) is 0 Å². The van der Waals surface area contributed by atoms with Gasteiger partial charge in [0.1, 0.15) is 0 Å². The van der Waals surface area contributed by atoms with Crippen LogP contribution >= 0.6 is 0 Å². The predicted molar refractivity (Wildman–Crippen MR) is 79.5 cm³/mol. The summed E-state index contributed by atoms with van der Waals surface area (Å²) in [5.74, 6) is 0. The molecular weight excluding hydrogens is 240 g/mol.